The highest BCUT2D eigenvalue weighted by Gasteiger charge is 2.36. The van der Waals surface area contributed by atoms with Crippen LogP contribution in [0.4, 0.5) is 20.2 Å². The Labute approximate surface area is 205 Å². The average Bonchev–Trinajstić information content (AvgIpc) is 3.20. The van der Waals surface area contributed by atoms with Crippen molar-refractivity contribution < 1.29 is 23.2 Å². The van der Waals surface area contributed by atoms with Crippen LogP contribution in [0.3, 0.4) is 0 Å². The van der Waals surface area contributed by atoms with E-state index in [0.717, 1.165) is 17.0 Å². The number of anilines is 2. The quantitative estimate of drug-likeness (QED) is 0.412. The minimum Gasteiger partial charge on any atom is -0.395 e. The number of aromatic nitrogens is 1. The first kappa shape index (κ1) is 25.8. The number of primary amides is 1. The molecule has 2 aromatic carbocycles. The molecule has 1 heterocycles. The number of nitrogens with zero attached hydrogens (tertiary/aromatic N) is 2. The molecule has 0 saturated heterocycles. The van der Waals surface area contributed by atoms with Crippen molar-refractivity contribution in [3.8, 4) is 0 Å². The summed E-state index contributed by atoms with van der Waals surface area (Å²) in [5.41, 5.74) is 11.3. The van der Waals surface area contributed by atoms with Crippen LogP contribution < -0.4 is 21.7 Å². The van der Waals surface area contributed by atoms with Gasteiger partial charge < -0.3 is 16.8 Å². The number of rotatable bonds is 9. The van der Waals surface area contributed by atoms with Gasteiger partial charge in [-0.3, -0.25) is 19.3 Å². The first-order valence-electron chi connectivity index (χ1n) is 10.8. The van der Waals surface area contributed by atoms with Crippen molar-refractivity contribution in [1.82, 2.24) is 9.69 Å². The van der Waals surface area contributed by atoms with Gasteiger partial charge in [-0.2, -0.15) is 4.37 Å². The molecule has 1 unspecified atom stereocenters. The summed E-state index contributed by atoms with van der Waals surface area (Å²) in [4.78, 5) is 39.8. The highest BCUT2D eigenvalue weighted by Crippen LogP contribution is 2.33. The molecule has 0 aliphatic rings. The van der Waals surface area contributed by atoms with Gasteiger partial charge in [0.15, 0.2) is 5.69 Å². The Hall–Kier alpha value is -3.86. The van der Waals surface area contributed by atoms with Gasteiger partial charge in [-0.05, 0) is 65.8 Å². The Morgan fingerprint density at radius 2 is 1.60 bits per heavy atom. The average molecular weight is 502 g/mol. The fourth-order valence-electron chi connectivity index (χ4n) is 3.37. The molecular weight excluding hydrogens is 476 g/mol. The molecule has 3 rings (SSSR count). The van der Waals surface area contributed by atoms with Crippen molar-refractivity contribution in [2.45, 2.75) is 26.3 Å². The molecule has 1 atom stereocenters. The summed E-state index contributed by atoms with van der Waals surface area (Å²) in [6.07, 6.45) is 0.691. The molecule has 5 N–H and O–H groups in total. The monoisotopic (exact) mass is 501 g/mol. The zero-order valence-corrected chi connectivity index (χ0v) is 19.9. The summed E-state index contributed by atoms with van der Waals surface area (Å²) in [6, 6.07) is 8.78. The van der Waals surface area contributed by atoms with Crippen LogP contribution in [0, 0.1) is 17.6 Å². The van der Waals surface area contributed by atoms with Gasteiger partial charge in [0, 0.05) is 12.2 Å². The molecular formula is C24H25F2N5O3S. The predicted octanol–water partition coefficient (Wildman–Crippen LogP) is 3.65. The van der Waals surface area contributed by atoms with Crippen molar-refractivity contribution in [3.05, 3.63) is 76.3 Å². The Morgan fingerprint density at radius 1 is 1.03 bits per heavy atom. The second-order valence-corrected chi connectivity index (χ2v) is 8.99. The fraction of sp³-hybridized carbons (Fsp3) is 0.250. The minimum absolute atomic E-state index is 0.120. The van der Waals surface area contributed by atoms with Gasteiger partial charge in [0.1, 0.15) is 22.6 Å². The van der Waals surface area contributed by atoms with Gasteiger partial charge in [-0.1, -0.05) is 26.0 Å². The first-order valence-corrected chi connectivity index (χ1v) is 11.5. The zero-order chi connectivity index (χ0) is 25.7. The topological polar surface area (TPSA) is 131 Å². The maximum Gasteiger partial charge on any atom is 0.273 e. The zero-order valence-electron chi connectivity index (χ0n) is 19.1. The molecule has 0 bridgehead atoms. The molecule has 0 spiro atoms. The molecule has 0 aliphatic heterocycles. The van der Waals surface area contributed by atoms with Gasteiger partial charge >= 0.3 is 0 Å². The number of hydrogen-bond donors (Lipinski definition) is 3. The molecule has 0 saturated carbocycles. The Bertz CT molecular complexity index is 1210. The summed E-state index contributed by atoms with van der Waals surface area (Å²) in [7, 11) is 0. The summed E-state index contributed by atoms with van der Waals surface area (Å²) < 4.78 is 31.2. The molecule has 11 heteroatoms. The van der Waals surface area contributed by atoms with Crippen LogP contribution in [0.15, 0.2) is 48.5 Å². The molecule has 1 aromatic heterocycles. The van der Waals surface area contributed by atoms with E-state index < -0.39 is 35.4 Å². The number of hydrogen-bond acceptors (Lipinski definition) is 6. The number of nitrogens with two attached hydrogens (primary N) is 2. The lowest BCUT2D eigenvalue weighted by Gasteiger charge is -2.31. The SMILES string of the molecule is CC(C)CCNC(=O)C(c1ccc(F)cc1)N(C(=O)c1snc(C(N)=O)c1N)c1ccc(F)cc1. The summed E-state index contributed by atoms with van der Waals surface area (Å²) in [5, 5.41) is 2.81. The molecule has 0 aliphatic carbocycles. The van der Waals surface area contributed by atoms with Crippen LogP contribution in [0.2, 0.25) is 0 Å². The first-order chi connectivity index (χ1) is 16.6. The largest absolute Gasteiger partial charge is 0.395 e. The maximum absolute atomic E-state index is 13.8. The second-order valence-electron chi connectivity index (χ2n) is 8.22. The van der Waals surface area contributed by atoms with Crippen LogP contribution in [0.1, 0.15) is 52.0 Å². The molecule has 3 aromatic rings. The molecule has 0 radical (unpaired) electrons. The summed E-state index contributed by atoms with van der Waals surface area (Å²) in [5.74, 6) is -2.95. The molecule has 3 amide bonds. The Balaban J connectivity index is 2.14. The van der Waals surface area contributed by atoms with E-state index >= 15 is 0 Å². The van der Waals surface area contributed by atoms with Gasteiger partial charge in [0.2, 0.25) is 5.91 Å². The Kier molecular flexibility index (Phi) is 8.13. The number of carbonyl (C=O) groups excluding carboxylic acids is 3. The lowest BCUT2D eigenvalue weighted by molar-refractivity contribution is -0.122. The van der Waals surface area contributed by atoms with E-state index in [0.29, 0.717) is 36.0 Å². The van der Waals surface area contributed by atoms with Crippen molar-refractivity contribution >= 4 is 40.6 Å². The lowest BCUT2D eigenvalue weighted by atomic mass is 10.0. The van der Waals surface area contributed by atoms with Crippen LogP contribution in [0.5, 0.6) is 0 Å². The van der Waals surface area contributed by atoms with Gasteiger partial charge in [-0.25, -0.2) is 8.78 Å². The number of carbonyl (C=O) groups is 3. The number of nitrogens with one attached hydrogen (secondary N) is 1. The van der Waals surface area contributed by atoms with E-state index in [1.165, 1.54) is 36.4 Å². The lowest BCUT2D eigenvalue weighted by Crippen LogP contribution is -2.44. The van der Waals surface area contributed by atoms with E-state index in [-0.39, 0.29) is 21.9 Å². The number of amides is 3. The summed E-state index contributed by atoms with van der Waals surface area (Å²) in [6.45, 7) is 4.34. The van der Waals surface area contributed by atoms with Crippen molar-refractivity contribution in [3.63, 3.8) is 0 Å². The standard InChI is InChI=1S/C24H25F2N5O3S/c1-13(2)11-12-29-23(33)20(14-3-5-15(25)6-4-14)31(17-9-7-16(26)8-10-17)24(34)21-18(27)19(22(28)32)30-35-21/h3-10,13,20H,11-12,27H2,1-2H3,(H2,28,32)(H,29,33). The van der Waals surface area contributed by atoms with E-state index in [1.54, 1.807) is 0 Å². The highest BCUT2D eigenvalue weighted by molar-refractivity contribution is 7.09. The third-order valence-corrected chi connectivity index (χ3v) is 6.04. The van der Waals surface area contributed by atoms with Gasteiger partial charge in [0.05, 0.1) is 5.69 Å². The fourth-order valence-corrected chi connectivity index (χ4v) is 4.11. The van der Waals surface area contributed by atoms with Gasteiger partial charge in [0.25, 0.3) is 11.8 Å². The number of nitrogen functional groups attached to an aromatic ring is 1. The van der Waals surface area contributed by atoms with Crippen molar-refractivity contribution in [2.24, 2.45) is 11.7 Å². The highest BCUT2D eigenvalue weighted by atomic mass is 32.1. The molecule has 35 heavy (non-hydrogen) atoms. The second kappa shape index (κ2) is 11.0. The summed E-state index contributed by atoms with van der Waals surface area (Å²) >= 11 is 0.654. The molecule has 8 nitrogen and oxygen atoms in total. The molecule has 0 fully saturated rings. The smallest absolute Gasteiger partial charge is 0.273 e. The van der Waals surface area contributed by atoms with Crippen LogP contribution in [0.25, 0.3) is 0 Å². The van der Waals surface area contributed by atoms with Crippen molar-refractivity contribution in [2.75, 3.05) is 17.2 Å². The van der Waals surface area contributed by atoms with Crippen LogP contribution in [-0.4, -0.2) is 28.6 Å². The Morgan fingerprint density at radius 3 is 2.11 bits per heavy atom. The third-order valence-electron chi connectivity index (χ3n) is 5.19. The van der Waals surface area contributed by atoms with Gasteiger partial charge in [-0.15, -0.1) is 0 Å². The maximum atomic E-state index is 13.8. The van der Waals surface area contributed by atoms with E-state index in [9.17, 15) is 23.2 Å². The van der Waals surface area contributed by atoms with E-state index in [1.807, 2.05) is 13.8 Å². The van der Waals surface area contributed by atoms with E-state index in [2.05, 4.69) is 9.69 Å². The van der Waals surface area contributed by atoms with Crippen molar-refractivity contribution in [1.29, 1.82) is 0 Å². The number of halogens is 2. The molecule has 184 valence electrons. The van der Waals surface area contributed by atoms with Crippen LogP contribution in [-0.2, 0) is 4.79 Å². The normalized spacial score (nSPS) is 11.8. The van der Waals surface area contributed by atoms with Crippen LogP contribution >= 0.6 is 11.5 Å². The van der Waals surface area contributed by atoms with E-state index in [4.69, 9.17) is 11.5 Å². The predicted molar refractivity (Wildman–Crippen MR) is 130 cm³/mol. The number of benzene rings is 2. The third kappa shape index (κ3) is 5.99. The minimum atomic E-state index is -1.26.